The van der Waals surface area contributed by atoms with Gasteiger partial charge in [0, 0.05) is 6.20 Å². The summed E-state index contributed by atoms with van der Waals surface area (Å²) in [5, 5.41) is 17.8. The van der Waals surface area contributed by atoms with Crippen LogP contribution in [0.2, 0.25) is 0 Å². The van der Waals surface area contributed by atoms with E-state index in [2.05, 4.69) is 10.4 Å². The third-order valence-corrected chi connectivity index (χ3v) is 6.04. The standard InChI is InChI=1S/C23H24F3N3O2/c1-22(31,16-9-5-6-10-16)14-19(30)27-21-20(15-7-3-2-4-8-15)18-13-17(23(24,25)26)11-12-29(18)28-21/h2-4,7-8,11-13,16,31H,5-6,9-10,14H2,1H3,(H,27,28,30). The minimum absolute atomic E-state index is 0.0576. The largest absolute Gasteiger partial charge is 0.416 e. The van der Waals surface area contributed by atoms with Crippen molar-refractivity contribution in [3.63, 3.8) is 0 Å². The second-order valence-electron chi connectivity index (χ2n) is 8.40. The quantitative estimate of drug-likeness (QED) is 0.577. The maximum atomic E-state index is 13.3. The van der Waals surface area contributed by atoms with E-state index in [1.165, 1.54) is 10.7 Å². The monoisotopic (exact) mass is 431 g/mol. The van der Waals surface area contributed by atoms with E-state index in [4.69, 9.17) is 0 Å². The maximum absolute atomic E-state index is 13.3. The number of nitrogens with one attached hydrogen (secondary N) is 1. The molecule has 1 aliphatic rings. The summed E-state index contributed by atoms with van der Waals surface area (Å²) in [4.78, 5) is 12.8. The smallest absolute Gasteiger partial charge is 0.389 e. The summed E-state index contributed by atoms with van der Waals surface area (Å²) in [7, 11) is 0. The van der Waals surface area contributed by atoms with Crippen LogP contribution in [0.4, 0.5) is 19.0 Å². The zero-order valence-corrected chi connectivity index (χ0v) is 17.1. The molecular weight excluding hydrogens is 407 g/mol. The second-order valence-corrected chi connectivity index (χ2v) is 8.40. The first-order chi connectivity index (χ1) is 14.6. The Morgan fingerprint density at radius 2 is 1.87 bits per heavy atom. The number of alkyl halides is 3. The second kappa shape index (κ2) is 8.00. The molecule has 3 aromatic rings. The number of pyridine rings is 1. The van der Waals surface area contributed by atoms with Crippen molar-refractivity contribution in [3.8, 4) is 11.1 Å². The zero-order chi connectivity index (χ0) is 22.2. The van der Waals surface area contributed by atoms with Crippen molar-refractivity contribution in [1.29, 1.82) is 0 Å². The van der Waals surface area contributed by atoms with Crippen LogP contribution < -0.4 is 5.32 Å². The molecule has 0 spiro atoms. The fraction of sp³-hybridized carbons (Fsp3) is 0.391. The molecule has 31 heavy (non-hydrogen) atoms. The summed E-state index contributed by atoms with van der Waals surface area (Å²) in [5.41, 5.74) is -0.663. The van der Waals surface area contributed by atoms with Crippen LogP contribution in [-0.4, -0.2) is 26.2 Å². The van der Waals surface area contributed by atoms with Crippen molar-refractivity contribution >= 4 is 17.2 Å². The summed E-state index contributed by atoms with van der Waals surface area (Å²) in [6.45, 7) is 1.67. The highest BCUT2D eigenvalue weighted by molar-refractivity contribution is 5.99. The van der Waals surface area contributed by atoms with Crippen LogP contribution in [-0.2, 0) is 11.0 Å². The molecule has 8 heteroatoms. The molecule has 164 valence electrons. The minimum Gasteiger partial charge on any atom is -0.389 e. The Morgan fingerprint density at radius 3 is 2.52 bits per heavy atom. The lowest BCUT2D eigenvalue weighted by atomic mass is 9.85. The van der Waals surface area contributed by atoms with Crippen molar-refractivity contribution in [2.45, 2.75) is 50.8 Å². The Morgan fingerprint density at radius 1 is 1.19 bits per heavy atom. The van der Waals surface area contributed by atoms with Crippen molar-refractivity contribution < 1.29 is 23.1 Å². The van der Waals surface area contributed by atoms with Gasteiger partial charge < -0.3 is 10.4 Å². The van der Waals surface area contributed by atoms with Crippen molar-refractivity contribution in [3.05, 3.63) is 54.2 Å². The minimum atomic E-state index is -4.50. The van der Waals surface area contributed by atoms with Gasteiger partial charge in [0.25, 0.3) is 0 Å². The number of fused-ring (bicyclic) bond motifs is 1. The van der Waals surface area contributed by atoms with E-state index in [0.29, 0.717) is 11.1 Å². The number of hydrogen-bond acceptors (Lipinski definition) is 3. The topological polar surface area (TPSA) is 66.6 Å². The highest BCUT2D eigenvalue weighted by Crippen LogP contribution is 2.38. The van der Waals surface area contributed by atoms with Crippen molar-refractivity contribution in [1.82, 2.24) is 9.61 Å². The fourth-order valence-electron chi connectivity index (χ4n) is 4.39. The van der Waals surface area contributed by atoms with Gasteiger partial charge in [0.15, 0.2) is 5.82 Å². The molecule has 2 N–H and O–H groups in total. The Hall–Kier alpha value is -2.87. The first-order valence-corrected chi connectivity index (χ1v) is 10.3. The third kappa shape index (κ3) is 4.44. The Labute approximate surface area is 177 Å². The number of anilines is 1. The van der Waals surface area contributed by atoms with Gasteiger partial charge in [0.05, 0.1) is 28.7 Å². The van der Waals surface area contributed by atoms with Gasteiger partial charge in [-0.05, 0) is 43.4 Å². The summed E-state index contributed by atoms with van der Waals surface area (Å²) < 4.78 is 41.1. The first-order valence-electron chi connectivity index (χ1n) is 10.3. The predicted molar refractivity (Wildman–Crippen MR) is 111 cm³/mol. The molecule has 0 aliphatic heterocycles. The van der Waals surface area contributed by atoms with Gasteiger partial charge in [-0.25, -0.2) is 4.52 Å². The number of aromatic nitrogens is 2. The molecule has 1 saturated carbocycles. The SMILES string of the molecule is CC(O)(CC(=O)Nc1nn2ccc(C(F)(F)F)cc2c1-c1ccccc1)C1CCCC1. The van der Waals surface area contributed by atoms with E-state index in [1.807, 2.05) is 0 Å². The lowest BCUT2D eigenvalue weighted by molar-refractivity contribution is -0.137. The molecule has 1 atom stereocenters. The van der Waals surface area contributed by atoms with E-state index in [1.54, 1.807) is 37.3 Å². The van der Waals surface area contributed by atoms with E-state index in [9.17, 15) is 23.1 Å². The number of carbonyl (C=O) groups excluding carboxylic acids is 1. The fourth-order valence-corrected chi connectivity index (χ4v) is 4.39. The van der Waals surface area contributed by atoms with E-state index in [0.717, 1.165) is 37.8 Å². The van der Waals surface area contributed by atoms with Gasteiger partial charge in [-0.3, -0.25) is 4.79 Å². The van der Waals surface area contributed by atoms with E-state index in [-0.39, 0.29) is 23.7 Å². The zero-order valence-electron chi connectivity index (χ0n) is 17.1. The van der Waals surface area contributed by atoms with E-state index >= 15 is 0 Å². The lowest BCUT2D eigenvalue weighted by Gasteiger charge is -2.29. The molecule has 1 aromatic carbocycles. The maximum Gasteiger partial charge on any atom is 0.416 e. The van der Waals surface area contributed by atoms with Crippen LogP contribution in [0.5, 0.6) is 0 Å². The summed E-state index contributed by atoms with van der Waals surface area (Å²) in [6.07, 6.45) is 0.462. The van der Waals surface area contributed by atoms with Gasteiger partial charge in [-0.2, -0.15) is 13.2 Å². The van der Waals surface area contributed by atoms with Crippen LogP contribution in [0, 0.1) is 5.92 Å². The average Bonchev–Trinajstić information content (AvgIpc) is 3.35. The summed E-state index contributed by atoms with van der Waals surface area (Å²) in [5.74, 6) is -0.200. The molecule has 0 bridgehead atoms. The number of halogens is 3. The highest BCUT2D eigenvalue weighted by Gasteiger charge is 2.36. The van der Waals surface area contributed by atoms with Gasteiger partial charge in [-0.1, -0.05) is 43.2 Å². The number of amides is 1. The Bertz CT molecular complexity index is 1080. The molecule has 2 aromatic heterocycles. The number of nitrogens with zero attached hydrogens (tertiary/aromatic N) is 2. The molecule has 5 nitrogen and oxygen atoms in total. The summed E-state index contributed by atoms with van der Waals surface area (Å²) >= 11 is 0. The number of rotatable bonds is 5. The highest BCUT2D eigenvalue weighted by atomic mass is 19.4. The Balaban J connectivity index is 1.70. The van der Waals surface area contributed by atoms with Gasteiger partial charge in [0.2, 0.25) is 5.91 Å². The van der Waals surface area contributed by atoms with Crippen LogP contribution >= 0.6 is 0 Å². The normalized spacial score (nSPS) is 17.1. The molecule has 2 heterocycles. The van der Waals surface area contributed by atoms with E-state index < -0.39 is 23.2 Å². The van der Waals surface area contributed by atoms with Gasteiger partial charge >= 0.3 is 6.18 Å². The summed E-state index contributed by atoms with van der Waals surface area (Å²) in [6, 6.07) is 10.8. The molecule has 4 rings (SSSR count). The van der Waals surface area contributed by atoms with Crippen molar-refractivity contribution in [2.24, 2.45) is 5.92 Å². The van der Waals surface area contributed by atoms with Gasteiger partial charge in [-0.15, -0.1) is 5.10 Å². The van der Waals surface area contributed by atoms with Crippen LogP contribution in [0.25, 0.3) is 16.6 Å². The molecule has 0 saturated heterocycles. The first kappa shape index (κ1) is 21.4. The molecule has 1 aliphatic carbocycles. The number of aliphatic hydroxyl groups is 1. The molecule has 1 amide bonds. The number of benzene rings is 1. The predicted octanol–water partition coefficient (Wildman–Crippen LogP) is 5.29. The van der Waals surface area contributed by atoms with Crippen molar-refractivity contribution in [2.75, 3.05) is 5.32 Å². The van der Waals surface area contributed by atoms with Crippen LogP contribution in [0.1, 0.15) is 44.6 Å². The lowest BCUT2D eigenvalue weighted by Crippen LogP contribution is -2.37. The van der Waals surface area contributed by atoms with Crippen LogP contribution in [0.15, 0.2) is 48.7 Å². The molecule has 0 radical (unpaired) electrons. The Kier molecular flexibility index (Phi) is 5.51. The molecule has 1 fully saturated rings. The number of carbonyl (C=O) groups is 1. The van der Waals surface area contributed by atoms with Gasteiger partial charge in [0.1, 0.15) is 0 Å². The number of hydrogen-bond donors (Lipinski definition) is 2. The average molecular weight is 431 g/mol. The third-order valence-electron chi connectivity index (χ3n) is 6.04. The molecular formula is C23H24F3N3O2. The van der Waals surface area contributed by atoms with Crippen LogP contribution in [0.3, 0.4) is 0 Å². The molecule has 1 unspecified atom stereocenters.